The summed E-state index contributed by atoms with van der Waals surface area (Å²) in [7, 11) is -8.26. The molecule has 204 valence electrons. The van der Waals surface area contributed by atoms with Crippen molar-refractivity contribution in [1.29, 1.82) is 0 Å². The number of carbonyl (C=O) groups is 1. The van der Waals surface area contributed by atoms with Crippen LogP contribution in [0.2, 0.25) is 0 Å². The second kappa shape index (κ2) is 9.25. The van der Waals surface area contributed by atoms with Crippen molar-refractivity contribution >= 4 is 51.6 Å². The molecule has 0 radical (unpaired) electrons. The van der Waals surface area contributed by atoms with E-state index in [0.29, 0.717) is 5.56 Å². The van der Waals surface area contributed by atoms with Crippen molar-refractivity contribution in [3.63, 3.8) is 0 Å². The standard InChI is InChI=1S/C24H25F3N3O6PS/c1-13(24(25,26)27)10-11-23(2)16-7-5-4-6-15(16)20(31)19(21(23)32)22-28-17-9-8-14(30-38(3,35)36)12-18(17)37(33,34)29-22/h4-9,12-13,30-31H,10-11H2,1-3H3,(H2,28,29,33,34). The first-order chi connectivity index (χ1) is 17.4. The van der Waals surface area contributed by atoms with E-state index in [2.05, 4.69) is 14.8 Å². The van der Waals surface area contributed by atoms with Gasteiger partial charge in [-0.3, -0.25) is 14.1 Å². The molecule has 1 aliphatic heterocycles. The Morgan fingerprint density at radius 1 is 1.21 bits per heavy atom. The number of aliphatic hydroxyl groups is 1. The highest BCUT2D eigenvalue weighted by Crippen LogP contribution is 2.50. The molecule has 1 heterocycles. The van der Waals surface area contributed by atoms with Crippen LogP contribution >= 0.6 is 7.52 Å². The predicted molar refractivity (Wildman–Crippen MR) is 138 cm³/mol. The summed E-state index contributed by atoms with van der Waals surface area (Å²) in [5, 5.41) is 13.6. The minimum atomic E-state index is -4.58. The van der Waals surface area contributed by atoms with Gasteiger partial charge in [0.25, 0.3) is 0 Å². The lowest BCUT2D eigenvalue weighted by molar-refractivity contribution is -0.172. The first-order valence-corrected chi connectivity index (χ1v) is 14.9. The SMILES string of the molecule is CC(CCC1(C)C(=O)C(C2=NP(=O)(O)c3cc(NS(C)(=O)=O)ccc3N2)=C(O)c2ccccc21)C(F)(F)F. The monoisotopic (exact) mass is 571 g/mol. The number of nitrogens with zero attached hydrogens (tertiary/aromatic N) is 1. The van der Waals surface area contributed by atoms with Gasteiger partial charge in [0.05, 0.1) is 28.6 Å². The molecule has 9 nitrogen and oxygen atoms in total. The van der Waals surface area contributed by atoms with Crippen molar-refractivity contribution in [3.8, 4) is 0 Å². The van der Waals surface area contributed by atoms with Gasteiger partial charge in [-0.25, -0.2) is 8.42 Å². The molecule has 0 spiro atoms. The summed E-state index contributed by atoms with van der Waals surface area (Å²) in [6, 6.07) is 10.00. The van der Waals surface area contributed by atoms with Crippen LogP contribution in [0.25, 0.3) is 5.76 Å². The van der Waals surface area contributed by atoms with Crippen LogP contribution in [0.3, 0.4) is 0 Å². The normalized spacial score (nSPS) is 24.2. The van der Waals surface area contributed by atoms with Gasteiger partial charge in [0.2, 0.25) is 10.0 Å². The number of nitrogens with one attached hydrogen (secondary N) is 2. The van der Waals surface area contributed by atoms with Gasteiger partial charge < -0.3 is 15.3 Å². The van der Waals surface area contributed by atoms with Crippen molar-refractivity contribution in [3.05, 3.63) is 59.2 Å². The number of benzene rings is 2. The van der Waals surface area contributed by atoms with E-state index in [1.54, 1.807) is 18.2 Å². The van der Waals surface area contributed by atoms with E-state index in [-0.39, 0.29) is 35.1 Å². The number of ketones is 1. The van der Waals surface area contributed by atoms with E-state index in [1.165, 1.54) is 25.1 Å². The Labute approximate surface area is 217 Å². The van der Waals surface area contributed by atoms with Crippen LogP contribution in [0, 0.1) is 5.92 Å². The van der Waals surface area contributed by atoms with Gasteiger partial charge in [-0.1, -0.05) is 31.2 Å². The third-order valence-electron chi connectivity index (χ3n) is 6.72. The van der Waals surface area contributed by atoms with Crippen LogP contribution < -0.4 is 15.3 Å². The molecule has 14 heteroatoms. The fourth-order valence-corrected chi connectivity index (χ4v) is 6.39. The Balaban J connectivity index is 1.79. The number of rotatable bonds is 6. The maximum atomic E-state index is 13.8. The molecule has 3 atom stereocenters. The fraction of sp³-hybridized carbons (Fsp3) is 0.333. The van der Waals surface area contributed by atoms with Crippen LogP contribution in [0.5, 0.6) is 0 Å². The van der Waals surface area contributed by atoms with Crippen molar-refractivity contribution in [2.24, 2.45) is 10.7 Å². The molecule has 1 aliphatic carbocycles. The lowest BCUT2D eigenvalue weighted by Gasteiger charge is -2.37. The Hall–Kier alpha value is -3.15. The molecule has 0 amide bonds. The fourth-order valence-electron chi connectivity index (χ4n) is 4.56. The number of carbonyl (C=O) groups excluding carboxylic acids is 1. The highest BCUT2D eigenvalue weighted by molar-refractivity contribution is 7.92. The highest BCUT2D eigenvalue weighted by Gasteiger charge is 2.48. The second-order valence-electron chi connectivity index (χ2n) is 9.64. The number of hydrogen-bond acceptors (Lipinski definition) is 6. The lowest BCUT2D eigenvalue weighted by atomic mass is 9.66. The molecule has 0 saturated heterocycles. The van der Waals surface area contributed by atoms with Crippen LogP contribution in [-0.2, 0) is 24.8 Å². The van der Waals surface area contributed by atoms with Gasteiger partial charge in [-0.2, -0.15) is 17.9 Å². The highest BCUT2D eigenvalue weighted by atomic mass is 32.2. The topological polar surface area (TPSA) is 145 Å². The minimum Gasteiger partial charge on any atom is -0.506 e. The molecule has 0 aromatic heterocycles. The Bertz CT molecular complexity index is 1550. The number of fused-ring (bicyclic) bond motifs is 2. The van der Waals surface area contributed by atoms with E-state index in [1.807, 2.05) is 0 Å². The van der Waals surface area contributed by atoms with Gasteiger partial charge in [-0.15, -0.1) is 0 Å². The summed E-state index contributed by atoms with van der Waals surface area (Å²) < 4.78 is 82.0. The van der Waals surface area contributed by atoms with Crippen LogP contribution in [-0.4, -0.2) is 42.5 Å². The molecule has 0 saturated carbocycles. The second-order valence-corrected chi connectivity index (χ2v) is 13.2. The summed E-state index contributed by atoms with van der Waals surface area (Å²) in [4.78, 5) is 24.6. The van der Waals surface area contributed by atoms with Crippen molar-refractivity contribution in [1.82, 2.24) is 0 Å². The van der Waals surface area contributed by atoms with Crippen molar-refractivity contribution in [2.45, 2.75) is 38.3 Å². The number of Topliss-reactive ketones (excluding diaryl/α,β-unsaturated/α-hetero) is 1. The summed E-state index contributed by atoms with van der Waals surface area (Å²) in [5.41, 5.74) is -1.34. The number of halogens is 3. The predicted octanol–water partition coefficient (Wildman–Crippen LogP) is 4.48. The van der Waals surface area contributed by atoms with Crippen LogP contribution in [0.15, 0.2) is 52.8 Å². The quantitative estimate of drug-likeness (QED) is 0.374. The Morgan fingerprint density at radius 3 is 2.50 bits per heavy atom. The molecule has 38 heavy (non-hydrogen) atoms. The largest absolute Gasteiger partial charge is 0.506 e. The third kappa shape index (κ3) is 5.10. The number of sulfonamides is 1. The number of anilines is 2. The van der Waals surface area contributed by atoms with Crippen molar-refractivity contribution in [2.75, 3.05) is 16.3 Å². The van der Waals surface area contributed by atoms with Crippen molar-refractivity contribution < 1.29 is 40.9 Å². The van der Waals surface area contributed by atoms with E-state index in [0.717, 1.165) is 19.2 Å². The summed E-state index contributed by atoms with van der Waals surface area (Å²) >= 11 is 0. The molecule has 2 aromatic rings. The smallest absolute Gasteiger partial charge is 0.391 e. The van der Waals surface area contributed by atoms with Crippen LogP contribution in [0.4, 0.5) is 24.5 Å². The summed E-state index contributed by atoms with van der Waals surface area (Å²) in [5.74, 6) is -3.39. The van der Waals surface area contributed by atoms with Gasteiger partial charge in [0, 0.05) is 11.3 Å². The molecule has 4 N–H and O–H groups in total. The average molecular weight is 572 g/mol. The molecule has 0 fully saturated rings. The molecular weight excluding hydrogens is 546 g/mol. The Morgan fingerprint density at radius 2 is 1.87 bits per heavy atom. The average Bonchev–Trinajstić information content (AvgIpc) is 2.80. The van der Waals surface area contributed by atoms with E-state index in [9.17, 15) is 40.9 Å². The van der Waals surface area contributed by atoms with E-state index < -0.39 is 58.0 Å². The van der Waals surface area contributed by atoms with Gasteiger partial charge in [0.1, 0.15) is 17.2 Å². The van der Waals surface area contributed by atoms with Gasteiger partial charge >= 0.3 is 13.7 Å². The zero-order chi connectivity index (χ0) is 28.3. The first-order valence-electron chi connectivity index (χ1n) is 11.4. The molecule has 3 unspecified atom stereocenters. The lowest BCUT2D eigenvalue weighted by Crippen LogP contribution is -2.43. The molecule has 4 rings (SSSR count). The third-order valence-corrected chi connectivity index (χ3v) is 8.79. The zero-order valence-corrected chi connectivity index (χ0v) is 22.2. The molecule has 2 aromatic carbocycles. The van der Waals surface area contributed by atoms with Gasteiger partial charge in [0.15, 0.2) is 5.78 Å². The molecule has 2 aliphatic rings. The minimum absolute atomic E-state index is 0.0112. The van der Waals surface area contributed by atoms with Crippen LogP contribution in [0.1, 0.15) is 37.8 Å². The Kier molecular flexibility index (Phi) is 6.78. The van der Waals surface area contributed by atoms with E-state index in [4.69, 9.17) is 0 Å². The summed E-state index contributed by atoms with van der Waals surface area (Å²) in [6.07, 6.45) is -4.12. The number of aliphatic hydroxyl groups excluding tert-OH is 1. The number of amidine groups is 1. The van der Waals surface area contributed by atoms with Gasteiger partial charge in [-0.05, 0) is 43.5 Å². The van der Waals surface area contributed by atoms with E-state index >= 15 is 0 Å². The number of alkyl halides is 3. The molecule has 0 bridgehead atoms. The first kappa shape index (κ1) is 27.9. The maximum absolute atomic E-state index is 13.8. The summed E-state index contributed by atoms with van der Waals surface area (Å²) in [6.45, 7) is 2.50. The molecular formula is C24H25F3N3O6PS. The number of hydrogen-bond donors (Lipinski definition) is 4. The maximum Gasteiger partial charge on any atom is 0.391 e. The zero-order valence-electron chi connectivity index (χ0n) is 20.5.